The summed E-state index contributed by atoms with van der Waals surface area (Å²) in [6.07, 6.45) is 1.24. The molecule has 0 spiro atoms. The highest BCUT2D eigenvalue weighted by molar-refractivity contribution is 5.71. The molecule has 0 amide bonds. The minimum absolute atomic E-state index is 0.000234. The molecule has 0 atom stereocenters. The van der Waals surface area contributed by atoms with E-state index in [1.165, 1.54) is 30.6 Å². The average Bonchev–Trinajstić information content (AvgIpc) is 2.61. The fourth-order valence-electron chi connectivity index (χ4n) is 2.18. The molecule has 0 aliphatic rings. The van der Waals surface area contributed by atoms with Gasteiger partial charge in [-0.15, -0.1) is 0 Å². The Bertz CT molecular complexity index is 762. The topological polar surface area (TPSA) is 139 Å². The molecular weight excluding hydrogens is 330 g/mol. The fourth-order valence-corrected chi connectivity index (χ4v) is 2.18. The summed E-state index contributed by atoms with van der Waals surface area (Å²) in [6.45, 7) is 4.86. The third kappa shape index (κ3) is 4.07. The summed E-state index contributed by atoms with van der Waals surface area (Å²) in [6, 6.07) is 5.59. The Kier molecular flexibility index (Phi) is 5.61. The minimum atomic E-state index is -0.548. The van der Waals surface area contributed by atoms with Crippen LogP contribution in [0, 0.1) is 20.2 Å². The first-order valence-corrected chi connectivity index (χ1v) is 7.48. The number of nitro groups is 2. The highest BCUT2D eigenvalue weighted by Crippen LogP contribution is 2.31. The molecule has 0 fully saturated rings. The SMILES string of the molecule is CCN(CC)c1ncnc(NNc2ccc([N+](=O)[O-])cc2)c1[N+](=O)[O-]. The van der Waals surface area contributed by atoms with E-state index in [-0.39, 0.29) is 23.0 Å². The summed E-state index contributed by atoms with van der Waals surface area (Å²) in [5.74, 6) is 0.221. The normalized spacial score (nSPS) is 10.2. The molecule has 11 heteroatoms. The Morgan fingerprint density at radius 2 is 1.64 bits per heavy atom. The maximum atomic E-state index is 11.5. The van der Waals surface area contributed by atoms with Gasteiger partial charge in [-0.05, 0) is 26.0 Å². The van der Waals surface area contributed by atoms with Gasteiger partial charge in [-0.2, -0.15) is 0 Å². The van der Waals surface area contributed by atoms with Gasteiger partial charge in [0.2, 0.25) is 11.6 Å². The summed E-state index contributed by atoms with van der Waals surface area (Å²) in [7, 11) is 0. The molecular formula is C14H17N7O4. The lowest BCUT2D eigenvalue weighted by Gasteiger charge is -2.20. The van der Waals surface area contributed by atoms with Crippen molar-refractivity contribution in [2.45, 2.75) is 13.8 Å². The molecule has 1 heterocycles. The molecule has 25 heavy (non-hydrogen) atoms. The van der Waals surface area contributed by atoms with E-state index in [1.807, 2.05) is 13.8 Å². The molecule has 0 saturated heterocycles. The number of nitrogens with zero attached hydrogens (tertiary/aromatic N) is 5. The molecule has 0 aliphatic carbocycles. The van der Waals surface area contributed by atoms with Crippen molar-refractivity contribution >= 4 is 28.7 Å². The number of benzene rings is 1. The quantitative estimate of drug-likeness (QED) is 0.544. The van der Waals surface area contributed by atoms with Gasteiger partial charge in [-0.25, -0.2) is 9.97 Å². The average molecular weight is 347 g/mol. The van der Waals surface area contributed by atoms with E-state index in [4.69, 9.17) is 0 Å². The number of aromatic nitrogens is 2. The molecule has 1 aromatic heterocycles. The predicted octanol–water partition coefficient (Wildman–Crippen LogP) is 2.58. The van der Waals surface area contributed by atoms with Crippen LogP contribution in [0.15, 0.2) is 30.6 Å². The Labute approximate surface area is 143 Å². The molecule has 0 aliphatic heterocycles. The fraction of sp³-hybridized carbons (Fsp3) is 0.286. The van der Waals surface area contributed by atoms with Crippen LogP contribution in [-0.4, -0.2) is 32.9 Å². The van der Waals surface area contributed by atoms with Gasteiger partial charge in [0.05, 0.1) is 15.5 Å². The number of nitro benzene ring substituents is 1. The van der Waals surface area contributed by atoms with Crippen molar-refractivity contribution in [2.24, 2.45) is 0 Å². The molecule has 2 rings (SSSR count). The Morgan fingerprint density at radius 1 is 1.00 bits per heavy atom. The summed E-state index contributed by atoms with van der Waals surface area (Å²) in [5, 5.41) is 22.1. The number of rotatable bonds is 8. The Balaban J connectivity index is 2.25. The lowest BCUT2D eigenvalue weighted by Crippen LogP contribution is -2.25. The van der Waals surface area contributed by atoms with Crippen molar-refractivity contribution in [3.05, 3.63) is 50.8 Å². The Hall–Kier alpha value is -3.50. The predicted molar refractivity (Wildman–Crippen MR) is 92.6 cm³/mol. The molecule has 0 radical (unpaired) electrons. The highest BCUT2D eigenvalue weighted by atomic mass is 16.6. The maximum Gasteiger partial charge on any atom is 0.355 e. The summed E-state index contributed by atoms with van der Waals surface area (Å²) in [5.41, 5.74) is 5.59. The molecule has 11 nitrogen and oxygen atoms in total. The number of hydrogen-bond donors (Lipinski definition) is 2. The second kappa shape index (κ2) is 7.86. The van der Waals surface area contributed by atoms with E-state index >= 15 is 0 Å². The van der Waals surface area contributed by atoms with Crippen LogP contribution in [0.25, 0.3) is 0 Å². The van der Waals surface area contributed by atoms with Crippen molar-refractivity contribution in [1.82, 2.24) is 9.97 Å². The van der Waals surface area contributed by atoms with Crippen LogP contribution in [0.1, 0.15) is 13.8 Å². The highest BCUT2D eigenvalue weighted by Gasteiger charge is 2.25. The van der Waals surface area contributed by atoms with Crippen molar-refractivity contribution in [3.63, 3.8) is 0 Å². The van der Waals surface area contributed by atoms with Gasteiger partial charge in [0, 0.05) is 25.2 Å². The van der Waals surface area contributed by atoms with Crippen molar-refractivity contribution in [1.29, 1.82) is 0 Å². The number of non-ortho nitro benzene ring substituents is 1. The zero-order chi connectivity index (χ0) is 18.4. The first kappa shape index (κ1) is 17.8. The monoisotopic (exact) mass is 347 g/mol. The van der Waals surface area contributed by atoms with Gasteiger partial charge in [-0.1, -0.05) is 0 Å². The van der Waals surface area contributed by atoms with Gasteiger partial charge in [0.1, 0.15) is 6.33 Å². The summed E-state index contributed by atoms with van der Waals surface area (Å²) in [4.78, 5) is 30.7. The van der Waals surface area contributed by atoms with Crippen LogP contribution in [0.3, 0.4) is 0 Å². The summed E-state index contributed by atoms with van der Waals surface area (Å²) < 4.78 is 0. The zero-order valence-electron chi connectivity index (χ0n) is 13.7. The third-order valence-electron chi connectivity index (χ3n) is 3.45. The van der Waals surface area contributed by atoms with E-state index in [9.17, 15) is 20.2 Å². The second-order valence-corrected chi connectivity index (χ2v) is 4.88. The van der Waals surface area contributed by atoms with E-state index < -0.39 is 9.85 Å². The minimum Gasteiger partial charge on any atom is -0.351 e. The standard InChI is InChI=1S/C14H17N7O4/c1-3-19(4-2)14-12(21(24)25)13(15-9-16-14)18-17-10-5-7-11(8-6-10)20(22)23/h5-9,17H,3-4H2,1-2H3,(H,15,16,18). The van der Waals surface area contributed by atoms with Crippen LogP contribution >= 0.6 is 0 Å². The number of hydrogen-bond acceptors (Lipinski definition) is 9. The first-order chi connectivity index (χ1) is 12.0. The molecule has 132 valence electrons. The van der Waals surface area contributed by atoms with Gasteiger partial charge >= 0.3 is 5.69 Å². The molecule has 2 aromatic rings. The second-order valence-electron chi connectivity index (χ2n) is 4.88. The van der Waals surface area contributed by atoms with E-state index in [1.54, 1.807) is 4.90 Å². The van der Waals surface area contributed by atoms with Gasteiger partial charge in [0.15, 0.2) is 0 Å². The zero-order valence-corrected chi connectivity index (χ0v) is 13.7. The van der Waals surface area contributed by atoms with Crippen LogP contribution in [-0.2, 0) is 0 Å². The molecule has 2 N–H and O–H groups in total. The molecule has 0 saturated carbocycles. The van der Waals surface area contributed by atoms with E-state index in [0.717, 1.165) is 0 Å². The lowest BCUT2D eigenvalue weighted by atomic mass is 10.3. The van der Waals surface area contributed by atoms with Crippen molar-refractivity contribution < 1.29 is 9.85 Å². The first-order valence-electron chi connectivity index (χ1n) is 7.48. The molecule has 1 aromatic carbocycles. The smallest absolute Gasteiger partial charge is 0.351 e. The van der Waals surface area contributed by atoms with Crippen molar-refractivity contribution in [2.75, 3.05) is 28.8 Å². The van der Waals surface area contributed by atoms with Crippen LogP contribution < -0.4 is 15.8 Å². The van der Waals surface area contributed by atoms with Gasteiger partial charge in [-0.3, -0.25) is 31.1 Å². The molecule has 0 bridgehead atoms. The van der Waals surface area contributed by atoms with Gasteiger partial charge < -0.3 is 4.90 Å². The van der Waals surface area contributed by atoms with Crippen LogP contribution in [0.4, 0.5) is 28.7 Å². The number of nitrogens with one attached hydrogen (secondary N) is 2. The number of hydrazine groups is 1. The molecule has 0 unspecified atom stereocenters. The third-order valence-corrected chi connectivity index (χ3v) is 3.45. The van der Waals surface area contributed by atoms with Crippen LogP contribution in [0.2, 0.25) is 0 Å². The van der Waals surface area contributed by atoms with E-state index in [0.29, 0.717) is 18.8 Å². The maximum absolute atomic E-state index is 11.5. The summed E-state index contributed by atoms with van der Waals surface area (Å²) >= 11 is 0. The van der Waals surface area contributed by atoms with Crippen LogP contribution in [0.5, 0.6) is 0 Å². The Morgan fingerprint density at radius 3 is 2.16 bits per heavy atom. The lowest BCUT2D eigenvalue weighted by molar-refractivity contribution is -0.384. The van der Waals surface area contributed by atoms with Gasteiger partial charge in [0.25, 0.3) is 5.69 Å². The largest absolute Gasteiger partial charge is 0.355 e. The van der Waals surface area contributed by atoms with E-state index in [2.05, 4.69) is 20.8 Å². The van der Waals surface area contributed by atoms with Crippen molar-refractivity contribution in [3.8, 4) is 0 Å². The number of anilines is 3.